The highest BCUT2D eigenvalue weighted by Gasteiger charge is 2.29. The van der Waals surface area contributed by atoms with E-state index in [0.29, 0.717) is 0 Å². The second kappa shape index (κ2) is 5.13. The van der Waals surface area contributed by atoms with Crippen LogP contribution in [0.2, 0.25) is 0 Å². The van der Waals surface area contributed by atoms with Gasteiger partial charge in [0.1, 0.15) is 5.75 Å². The van der Waals surface area contributed by atoms with Gasteiger partial charge in [-0.3, -0.25) is 19.7 Å². The monoisotopic (exact) mass is 255 g/mol. The average Bonchev–Trinajstić information content (AvgIpc) is 2.24. The number of carboxylic acids is 2. The molecule has 0 spiro atoms. The molecule has 0 bridgehead atoms. The topological polar surface area (TPSA) is 138 Å². The van der Waals surface area contributed by atoms with Gasteiger partial charge >= 0.3 is 11.9 Å². The first-order valence-electron chi connectivity index (χ1n) is 4.75. The van der Waals surface area contributed by atoms with Crippen molar-refractivity contribution in [3.8, 4) is 5.75 Å². The molecule has 8 nitrogen and oxygen atoms in total. The van der Waals surface area contributed by atoms with E-state index in [0.717, 1.165) is 18.2 Å². The Morgan fingerprint density at radius 3 is 2.28 bits per heavy atom. The van der Waals surface area contributed by atoms with Crippen LogP contribution in [0.4, 0.5) is 5.69 Å². The fraction of sp³-hybridized carbons (Fsp3) is 0.200. The van der Waals surface area contributed by atoms with Gasteiger partial charge in [-0.15, -0.1) is 0 Å². The summed E-state index contributed by atoms with van der Waals surface area (Å²) in [6.45, 7) is 0. The molecule has 0 fully saturated rings. The van der Waals surface area contributed by atoms with Gasteiger partial charge in [0.2, 0.25) is 0 Å². The van der Waals surface area contributed by atoms with Crippen molar-refractivity contribution in [3.63, 3.8) is 0 Å². The van der Waals surface area contributed by atoms with Gasteiger partial charge in [0.05, 0.1) is 4.92 Å². The number of carboxylic acid groups (broad SMARTS) is 2. The first kappa shape index (κ1) is 13.4. The zero-order chi connectivity index (χ0) is 13.9. The van der Waals surface area contributed by atoms with Crippen LogP contribution in [0.25, 0.3) is 0 Å². The highest BCUT2D eigenvalue weighted by molar-refractivity contribution is 5.93. The zero-order valence-electron chi connectivity index (χ0n) is 8.94. The molecule has 8 heteroatoms. The Hall–Kier alpha value is -2.64. The van der Waals surface area contributed by atoms with Crippen molar-refractivity contribution in [1.82, 2.24) is 0 Å². The molecule has 0 aromatic heterocycles. The van der Waals surface area contributed by atoms with Crippen molar-refractivity contribution >= 4 is 17.6 Å². The number of phenols is 1. The van der Waals surface area contributed by atoms with Crippen LogP contribution >= 0.6 is 0 Å². The molecule has 0 atom stereocenters. The second-order valence-electron chi connectivity index (χ2n) is 3.50. The van der Waals surface area contributed by atoms with E-state index in [1.165, 1.54) is 0 Å². The molecule has 18 heavy (non-hydrogen) atoms. The van der Waals surface area contributed by atoms with Crippen LogP contribution in [0.1, 0.15) is 5.56 Å². The molecule has 0 aliphatic carbocycles. The number of nitrogens with zero attached hydrogens (tertiary/aromatic N) is 1. The lowest BCUT2D eigenvalue weighted by Gasteiger charge is -2.08. The van der Waals surface area contributed by atoms with Crippen LogP contribution < -0.4 is 0 Å². The fourth-order valence-electron chi connectivity index (χ4n) is 1.41. The number of nitro benzene ring substituents is 1. The van der Waals surface area contributed by atoms with Crippen molar-refractivity contribution in [1.29, 1.82) is 0 Å². The maximum Gasteiger partial charge on any atom is 0.318 e. The summed E-state index contributed by atoms with van der Waals surface area (Å²) in [6, 6.07) is 3.04. The maximum absolute atomic E-state index is 10.7. The average molecular weight is 255 g/mol. The Labute approximate surface area is 100 Å². The zero-order valence-corrected chi connectivity index (χ0v) is 8.94. The summed E-state index contributed by atoms with van der Waals surface area (Å²) in [5.74, 6) is -5.30. The van der Waals surface area contributed by atoms with Crippen molar-refractivity contribution in [2.45, 2.75) is 6.42 Å². The molecule has 0 saturated carbocycles. The standard InChI is InChI=1S/C10H9NO7/c12-6-1-2-8(11(17)18)5(3-6)4-7(9(13)14)10(15)16/h1-3,7,12H,4H2,(H,13,14)(H,15,16). The Morgan fingerprint density at radius 2 is 1.83 bits per heavy atom. The summed E-state index contributed by atoms with van der Waals surface area (Å²) in [5, 5.41) is 37.3. The van der Waals surface area contributed by atoms with Gasteiger partial charge in [0, 0.05) is 18.1 Å². The Balaban J connectivity index is 3.16. The van der Waals surface area contributed by atoms with Gasteiger partial charge in [0.25, 0.3) is 5.69 Å². The molecular weight excluding hydrogens is 246 g/mol. The third-order valence-corrected chi connectivity index (χ3v) is 2.28. The number of phenolic OH excluding ortho intramolecular Hbond substituents is 1. The normalized spacial score (nSPS) is 10.3. The summed E-state index contributed by atoms with van der Waals surface area (Å²) >= 11 is 0. The first-order chi connectivity index (χ1) is 8.32. The molecule has 0 saturated heterocycles. The number of hydrogen-bond acceptors (Lipinski definition) is 5. The smallest absolute Gasteiger partial charge is 0.318 e. The van der Waals surface area contributed by atoms with Crippen molar-refractivity contribution in [3.05, 3.63) is 33.9 Å². The third-order valence-electron chi connectivity index (χ3n) is 2.28. The number of aliphatic carboxylic acids is 2. The van der Waals surface area contributed by atoms with Crippen LogP contribution in [0.15, 0.2) is 18.2 Å². The minimum absolute atomic E-state index is 0.144. The minimum Gasteiger partial charge on any atom is -0.508 e. The Kier molecular flexibility index (Phi) is 3.82. The molecule has 1 aromatic rings. The van der Waals surface area contributed by atoms with Crippen LogP contribution in [0, 0.1) is 16.0 Å². The fourth-order valence-corrected chi connectivity index (χ4v) is 1.41. The van der Waals surface area contributed by atoms with Gasteiger partial charge in [-0.05, 0) is 12.1 Å². The van der Waals surface area contributed by atoms with Crippen molar-refractivity contribution < 1.29 is 29.8 Å². The molecule has 0 radical (unpaired) electrons. The van der Waals surface area contributed by atoms with Crippen LogP contribution in [-0.2, 0) is 16.0 Å². The SMILES string of the molecule is O=C(O)C(Cc1cc(O)ccc1[N+](=O)[O-])C(=O)O. The lowest BCUT2D eigenvalue weighted by Crippen LogP contribution is -2.25. The largest absolute Gasteiger partial charge is 0.508 e. The summed E-state index contributed by atoms with van der Waals surface area (Å²) in [6.07, 6.45) is -0.574. The molecule has 3 N–H and O–H groups in total. The highest BCUT2D eigenvalue weighted by Crippen LogP contribution is 2.26. The van der Waals surface area contributed by atoms with E-state index in [9.17, 15) is 24.8 Å². The molecular formula is C10H9NO7. The molecule has 1 rings (SSSR count). The lowest BCUT2D eigenvalue weighted by molar-refractivity contribution is -0.385. The molecule has 0 unspecified atom stereocenters. The van der Waals surface area contributed by atoms with Crippen LogP contribution in [-0.4, -0.2) is 32.2 Å². The minimum atomic E-state index is -1.80. The van der Waals surface area contributed by atoms with Gasteiger partial charge in [-0.25, -0.2) is 0 Å². The predicted octanol–water partition coefficient (Wildman–Crippen LogP) is 0.628. The van der Waals surface area contributed by atoms with E-state index in [4.69, 9.17) is 10.2 Å². The van der Waals surface area contributed by atoms with E-state index >= 15 is 0 Å². The number of nitro groups is 1. The van der Waals surface area contributed by atoms with E-state index in [2.05, 4.69) is 0 Å². The molecule has 0 aliphatic heterocycles. The van der Waals surface area contributed by atoms with Crippen LogP contribution in [0.5, 0.6) is 5.75 Å². The number of rotatable bonds is 5. The summed E-state index contributed by atoms with van der Waals surface area (Å²) in [7, 11) is 0. The van der Waals surface area contributed by atoms with Gasteiger partial charge in [0.15, 0.2) is 5.92 Å². The molecule has 1 aromatic carbocycles. The lowest BCUT2D eigenvalue weighted by atomic mass is 9.98. The maximum atomic E-state index is 10.7. The van der Waals surface area contributed by atoms with E-state index in [1.807, 2.05) is 0 Å². The number of benzene rings is 1. The van der Waals surface area contributed by atoms with E-state index < -0.39 is 34.9 Å². The van der Waals surface area contributed by atoms with E-state index in [1.54, 1.807) is 0 Å². The number of aromatic hydroxyl groups is 1. The Morgan fingerprint density at radius 1 is 1.28 bits per heavy atom. The molecule has 0 amide bonds. The van der Waals surface area contributed by atoms with Gasteiger partial charge in [-0.2, -0.15) is 0 Å². The number of carbonyl (C=O) groups is 2. The van der Waals surface area contributed by atoms with Crippen molar-refractivity contribution in [2.75, 3.05) is 0 Å². The van der Waals surface area contributed by atoms with Crippen molar-refractivity contribution in [2.24, 2.45) is 5.92 Å². The molecule has 0 aliphatic rings. The predicted molar refractivity (Wildman–Crippen MR) is 57.2 cm³/mol. The third kappa shape index (κ3) is 2.94. The van der Waals surface area contributed by atoms with Gasteiger partial charge < -0.3 is 15.3 Å². The van der Waals surface area contributed by atoms with Crippen LogP contribution in [0.3, 0.4) is 0 Å². The quantitative estimate of drug-likeness (QED) is 0.398. The summed E-state index contributed by atoms with van der Waals surface area (Å²) < 4.78 is 0. The summed E-state index contributed by atoms with van der Waals surface area (Å²) in [5.41, 5.74) is -0.574. The van der Waals surface area contributed by atoms with E-state index in [-0.39, 0.29) is 11.3 Å². The molecule has 0 heterocycles. The first-order valence-corrected chi connectivity index (χ1v) is 4.75. The highest BCUT2D eigenvalue weighted by atomic mass is 16.6. The molecule has 96 valence electrons. The summed E-state index contributed by atoms with van der Waals surface area (Å²) in [4.78, 5) is 31.3. The number of hydrogen-bond donors (Lipinski definition) is 3. The Bertz CT molecular complexity index is 497. The van der Waals surface area contributed by atoms with Gasteiger partial charge in [-0.1, -0.05) is 0 Å². The second-order valence-corrected chi connectivity index (χ2v) is 3.50.